The normalized spacial score (nSPS) is 17.4. The van der Waals surface area contributed by atoms with Gasteiger partial charge in [-0.25, -0.2) is 8.42 Å². The zero-order chi connectivity index (χ0) is 23.0. The molecule has 4 rings (SSSR count). The fourth-order valence-corrected chi connectivity index (χ4v) is 6.94. The van der Waals surface area contributed by atoms with Crippen molar-refractivity contribution in [3.8, 4) is 10.7 Å². The SMILES string of the molecule is Cc1ccc(NC(=O)[C@H]2CCCN(S(=O)(=O)c3cc(-c4noc(C)n4)sc3C)C2)c(C)c1. The number of amides is 1. The number of aryl methyl sites for hydroxylation is 4. The van der Waals surface area contributed by atoms with Gasteiger partial charge in [0.1, 0.15) is 0 Å². The first-order valence-corrected chi connectivity index (χ1v) is 12.7. The molecule has 10 heteroatoms. The molecule has 1 aliphatic rings. The van der Waals surface area contributed by atoms with Gasteiger partial charge < -0.3 is 9.84 Å². The van der Waals surface area contributed by atoms with Crippen LogP contribution in [0.3, 0.4) is 0 Å². The fourth-order valence-electron chi connectivity index (χ4n) is 3.93. The average Bonchev–Trinajstić information content (AvgIpc) is 3.36. The molecule has 0 saturated carbocycles. The van der Waals surface area contributed by atoms with E-state index >= 15 is 0 Å². The Morgan fingerprint density at radius 2 is 2.00 bits per heavy atom. The third-order valence-corrected chi connectivity index (χ3v) is 8.80. The van der Waals surface area contributed by atoms with Crippen LogP contribution in [0.15, 0.2) is 33.7 Å². The van der Waals surface area contributed by atoms with E-state index in [9.17, 15) is 13.2 Å². The van der Waals surface area contributed by atoms with Gasteiger partial charge in [-0.3, -0.25) is 4.79 Å². The molecule has 0 spiro atoms. The maximum absolute atomic E-state index is 13.4. The second-order valence-electron chi connectivity index (χ2n) is 8.18. The summed E-state index contributed by atoms with van der Waals surface area (Å²) in [5, 5.41) is 6.86. The second kappa shape index (κ2) is 8.76. The molecule has 0 bridgehead atoms. The van der Waals surface area contributed by atoms with E-state index in [-0.39, 0.29) is 17.3 Å². The molecule has 2 aromatic heterocycles. The number of nitrogens with zero attached hydrogens (tertiary/aromatic N) is 3. The van der Waals surface area contributed by atoms with Gasteiger partial charge in [0.25, 0.3) is 0 Å². The minimum Gasteiger partial charge on any atom is -0.339 e. The first-order chi connectivity index (χ1) is 15.1. The number of sulfonamides is 1. The third kappa shape index (κ3) is 4.48. The van der Waals surface area contributed by atoms with Crippen molar-refractivity contribution >= 4 is 33.0 Å². The molecule has 1 atom stereocenters. The van der Waals surface area contributed by atoms with Crippen LogP contribution in [0.25, 0.3) is 10.7 Å². The number of thiophene rings is 1. The lowest BCUT2D eigenvalue weighted by Crippen LogP contribution is -2.43. The van der Waals surface area contributed by atoms with Crippen LogP contribution in [0.5, 0.6) is 0 Å². The highest BCUT2D eigenvalue weighted by Gasteiger charge is 2.35. The molecule has 0 radical (unpaired) electrons. The van der Waals surface area contributed by atoms with Crippen molar-refractivity contribution in [2.45, 2.75) is 45.4 Å². The fraction of sp³-hybridized carbons (Fsp3) is 0.409. The Labute approximate surface area is 191 Å². The number of carbonyl (C=O) groups excluding carboxylic acids is 1. The lowest BCUT2D eigenvalue weighted by Gasteiger charge is -2.31. The zero-order valence-corrected chi connectivity index (χ0v) is 20.1. The summed E-state index contributed by atoms with van der Waals surface area (Å²) in [6.45, 7) is 7.95. The number of nitrogens with one attached hydrogen (secondary N) is 1. The summed E-state index contributed by atoms with van der Waals surface area (Å²) in [4.78, 5) is 18.6. The third-order valence-electron chi connectivity index (χ3n) is 5.63. The van der Waals surface area contributed by atoms with Crippen LogP contribution >= 0.6 is 11.3 Å². The van der Waals surface area contributed by atoms with Crippen molar-refractivity contribution in [2.75, 3.05) is 18.4 Å². The first-order valence-electron chi connectivity index (χ1n) is 10.4. The highest BCUT2D eigenvalue weighted by molar-refractivity contribution is 7.89. The number of hydrogen-bond donors (Lipinski definition) is 1. The lowest BCUT2D eigenvalue weighted by molar-refractivity contribution is -0.120. The number of piperidine rings is 1. The predicted molar refractivity (Wildman–Crippen MR) is 123 cm³/mol. The van der Waals surface area contributed by atoms with E-state index in [0.717, 1.165) is 16.8 Å². The number of carbonyl (C=O) groups is 1. The molecular weight excluding hydrogens is 448 g/mol. The van der Waals surface area contributed by atoms with E-state index in [1.807, 2.05) is 32.0 Å². The second-order valence-corrected chi connectivity index (χ2v) is 11.3. The number of aromatic nitrogens is 2. The molecular formula is C22H26N4O4S2. The molecule has 1 fully saturated rings. The van der Waals surface area contributed by atoms with Crippen molar-refractivity contribution in [3.63, 3.8) is 0 Å². The van der Waals surface area contributed by atoms with Gasteiger partial charge in [-0.2, -0.15) is 9.29 Å². The molecule has 1 N–H and O–H groups in total. The van der Waals surface area contributed by atoms with Crippen LogP contribution in [-0.2, 0) is 14.8 Å². The maximum Gasteiger partial charge on any atom is 0.244 e. The van der Waals surface area contributed by atoms with Gasteiger partial charge >= 0.3 is 0 Å². The summed E-state index contributed by atoms with van der Waals surface area (Å²) in [5.41, 5.74) is 2.86. The Bertz CT molecular complexity index is 1260. The van der Waals surface area contributed by atoms with E-state index in [1.165, 1.54) is 15.6 Å². The molecule has 8 nitrogen and oxygen atoms in total. The summed E-state index contributed by atoms with van der Waals surface area (Å²) in [7, 11) is -3.75. The summed E-state index contributed by atoms with van der Waals surface area (Å²) in [6, 6.07) is 7.44. The molecule has 0 unspecified atom stereocenters. The largest absolute Gasteiger partial charge is 0.339 e. The van der Waals surface area contributed by atoms with E-state index in [0.29, 0.717) is 40.9 Å². The van der Waals surface area contributed by atoms with E-state index in [4.69, 9.17) is 4.52 Å². The molecule has 170 valence electrons. The number of anilines is 1. The summed E-state index contributed by atoms with van der Waals surface area (Å²) < 4.78 is 33.3. The van der Waals surface area contributed by atoms with Crippen LogP contribution in [0, 0.1) is 33.6 Å². The molecule has 1 amide bonds. The van der Waals surface area contributed by atoms with Crippen LogP contribution < -0.4 is 5.32 Å². The van der Waals surface area contributed by atoms with Gasteiger partial charge in [0, 0.05) is 30.6 Å². The molecule has 1 saturated heterocycles. The predicted octanol–water partition coefficient (Wildman–Crippen LogP) is 4.07. The smallest absolute Gasteiger partial charge is 0.244 e. The Morgan fingerprint density at radius 3 is 2.69 bits per heavy atom. The lowest BCUT2D eigenvalue weighted by atomic mass is 9.98. The number of benzene rings is 1. The molecule has 3 heterocycles. The number of rotatable bonds is 5. The van der Waals surface area contributed by atoms with Crippen LogP contribution in [-0.4, -0.2) is 41.9 Å². The maximum atomic E-state index is 13.4. The standard InChI is InChI=1S/C22H26N4O4S2/c1-13-7-8-18(14(2)10-13)24-22(27)17-6-5-9-26(12-17)32(28,29)20-11-19(31-15(20)3)21-23-16(4)30-25-21/h7-8,10-11,17H,5-6,9,12H2,1-4H3,(H,24,27)/t17-/m0/s1. The van der Waals surface area contributed by atoms with Gasteiger partial charge in [0.2, 0.25) is 27.6 Å². The van der Waals surface area contributed by atoms with Gasteiger partial charge in [-0.05, 0) is 51.3 Å². The highest BCUT2D eigenvalue weighted by atomic mass is 32.2. The summed E-state index contributed by atoms with van der Waals surface area (Å²) in [5.74, 6) is 0.241. The molecule has 3 aromatic rings. The summed E-state index contributed by atoms with van der Waals surface area (Å²) in [6.07, 6.45) is 1.28. The number of hydrogen-bond acceptors (Lipinski definition) is 7. The van der Waals surface area contributed by atoms with Gasteiger partial charge in [0.15, 0.2) is 0 Å². The highest BCUT2D eigenvalue weighted by Crippen LogP contribution is 2.35. The monoisotopic (exact) mass is 474 g/mol. The quantitative estimate of drug-likeness (QED) is 0.598. The Morgan fingerprint density at radius 1 is 1.22 bits per heavy atom. The van der Waals surface area contributed by atoms with Crippen LogP contribution in [0.1, 0.15) is 34.7 Å². The minimum absolute atomic E-state index is 0.151. The van der Waals surface area contributed by atoms with Gasteiger partial charge in [-0.1, -0.05) is 22.9 Å². The molecule has 32 heavy (non-hydrogen) atoms. The van der Waals surface area contributed by atoms with E-state index in [1.54, 1.807) is 19.9 Å². The molecule has 1 aliphatic heterocycles. The summed E-state index contributed by atoms with van der Waals surface area (Å²) >= 11 is 1.31. The van der Waals surface area contributed by atoms with Crippen molar-refractivity contribution in [1.29, 1.82) is 0 Å². The Kier molecular flexibility index (Phi) is 6.19. The Balaban J connectivity index is 1.52. The molecule has 0 aliphatic carbocycles. The van der Waals surface area contributed by atoms with Gasteiger partial charge in [0.05, 0.1) is 15.7 Å². The van der Waals surface area contributed by atoms with E-state index in [2.05, 4.69) is 15.5 Å². The first kappa shape index (κ1) is 22.6. The van der Waals surface area contributed by atoms with Crippen molar-refractivity contribution in [3.05, 3.63) is 46.2 Å². The van der Waals surface area contributed by atoms with E-state index < -0.39 is 15.9 Å². The zero-order valence-electron chi connectivity index (χ0n) is 18.5. The Hall–Kier alpha value is -2.56. The van der Waals surface area contributed by atoms with Gasteiger partial charge in [-0.15, -0.1) is 11.3 Å². The topological polar surface area (TPSA) is 105 Å². The minimum atomic E-state index is -3.75. The van der Waals surface area contributed by atoms with Crippen LogP contribution in [0.2, 0.25) is 0 Å². The molecule has 1 aromatic carbocycles. The average molecular weight is 475 g/mol. The van der Waals surface area contributed by atoms with Crippen molar-refractivity contribution < 1.29 is 17.7 Å². The van der Waals surface area contributed by atoms with Crippen molar-refractivity contribution in [1.82, 2.24) is 14.4 Å². The van der Waals surface area contributed by atoms with Crippen molar-refractivity contribution in [2.24, 2.45) is 5.92 Å². The van der Waals surface area contributed by atoms with Crippen LogP contribution in [0.4, 0.5) is 5.69 Å².